The number of hydrogen-bond acceptors (Lipinski definition) is 3. The summed E-state index contributed by atoms with van der Waals surface area (Å²) in [4.78, 5) is 18.7. The van der Waals surface area contributed by atoms with Crippen molar-refractivity contribution < 1.29 is 4.74 Å². The third-order valence-electron chi connectivity index (χ3n) is 2.99. The third kappa shape index (κ3) is 4.74. The molecule has 0 bridgehead atoms. The Morgan fingerprint density at radius 3 is 2.43 bits per heavy atom. The van der Waals surface area contributed by atoms with E-state index >= 15 is 0 Å². The first-order valence-electron chi connectivity index (χ1n) is 7.22. The Labute approximate surface area is 125 Å². The van der Waals surface area contributed by atoms with Gasteiger partial charge in [0.2, 0.25) is 0 Å². The number of ether oxygens (including phenoxy) is 1. The summed E-state index contributed by atoms with van der Waals surface area (Å²) in [5, 5.41) is 0. The monoisotopic (exact) mass is 286 g/mol. The molecule has 112 valence electrons. The molecule has 4 nitrogen and oxygen atoms in total. The molecule has 0 aliphatic heterocycles. The van der Waals surface area contributed by atoms with Crippen LogP contribution in [-0.2, 0) is 6.42 Å². The van der Waals surface area contributed by atoms with Gasteiger partial charge in [0.15, 0.2) is 0 Å². The highest BCUT2D eigenvalue weighted by molar-refractivity contribution is 5.31. The molecule has 0 spiro atoms. The average molecular weight is 286 g/mol. The van der Waals surface area contributed by atoms with E-state index in [9.17, 15) is 4.79 Å². The zero-order valence-electron chi connectivity index (χ0n) is 13.1. The van der Waals surface area contributed by atoms with Gasteiger partial charge in [0, 0.05) is 12.5 Å². The molecule has 2 rings (SSSR count). The second kappa shape index (κ2) is 6.57. The molecule has 0 atom stereocenters. The highest BCUT2D eigenvalue weighted by atomic mass is 16.5. The van der Waals surface area contributed by atoms with E-state index in [1.165, 1.54) is 17.2 Å². The molecule has 1 aromatic carbocycles. The van der Waals surface area contributed by atoms with Crippen LogP contribution in [0.2, 0.25) is 0 Å². The van der Waals surface area contributed by atoms with E-state index in [1.54, 1.807) is 0 Å². The van der Waals surface area contributed by atoms with E-state index in [4.69, 9.17) is 4.74 Å². The van der Waals surface area contributed by atoms with Crippen LogP contribution in [0.5, 0.6) is 6.01 Å². The molecular weight excluding hydrogens is 264 g/mol. The molecule has 21 heavy (non-hydrogen) atoms. The van der Waals surface area contributed by atoms with Gasteiger partial charge < -0.3 is 4.74 Å². The highest BCUT2D eigenvalue weighted by Gasteiger charge is 2.05. The molecule has 0 saturated heterocycles. The van der Waals surface area contributed by atoms with Crippen molar-refractivity contribution in [2.24, 2.45) is 5.92 Å². The fourth-order valence-corrected chi connectivity index (χ4v) is 2.27. The molecule has 1 heterocycles. The highest BCUT2D eigenvalue weighted by Crippen LogP contribution is 2.13. The Morgan fingerprint density at radius 1 is 1.14 bits per heavy atom. The molecular formula is C17H22N2O2. The standard InChI is InChI=1S/C17H22N2O2/c1-11(2)10-21-17-18-15(9-16(20)19-17)8-14-6-12(3)5-13(4)7-14/h5-7,9,11H,8,10H2,1-4H3,(H,18,19,20). The number of rotatable bonds is 5. The third-order valence-corrected chi connectivity index (χ3v) is 2.99. The molecule has 0 aliphatic rings. The lowest BCUT2D eigenvalue weighted by molar-refractivity contribution is 0.249. The fourth-order valence-electron chi connectivity index (χ4n) is 2.27. The van der Waals surface area contributed by atoms with Gasteiger partial charge in [0.25, 0.3) is 11.6 Å². The Morgan fingerprint density at radius 2 is 1.81 bits per heavy atom. The summed E-state index contributed by atoms with van der Waals surface area (Å²) >= 11 is 0. The number of benzene rings is 1. The van der Waals surface area contributed by atoms with Crippen molar-refractivity contribution in [3.8, 4) is 6.01 Å². The number of aromatic amines is 1. The maximum Gasteiger partial charge on any atom is 0.296 e. The summed E-state index contributed by atoms with van der Waals surface area (Å²) in [6, 6.07) is 8.19. The van der Waals surface area contributed by atoms with Crippen LogP contribution in [0, 0.1) is 19.8 Å². The van der Waals surface area contributed by atoms with Crippen molar-refractivity contribution in [3.63, 3.8) is 0 Å². The van der Waals surface area contributed by atoms with E-state index in [0.29, 0.717) is 25.0 Å². The number of aromatic nitrogens is 2. The van der Waals surface area contributed by atoms with Crippen LogP contribution in [0.25, 0.3) is 0 Å². The zero-order chi connectivity index (χ0) is 15.4. The van der Waals surface area contributed by atoms with E-state index in [2.05, 4.69) is 55.9 Å². The first kappa shape index (κ1) is 15.3. The maximum atomic E-state index is 11.7. The van der Waals surface area contributed by atoms with Crippen molar-refractivity contribution in [1.82, 2.24) is 9.97 Å². The van der Waals surface area contributed by atoms with Crippen LogP contribution in [0.4, 0.5) is 0 Å². The zero-order valence-corrected chi connectivity index (χ0v) is 13.1. The van der Waals surface area contributed by atoms with Crippen molar-refractivity contribution in [3.05, 3.63) is 57.0 Å². The molecule has 1 aromatic heterocycles. The molecule has 0 radical (unpaired) electrons. The van der Waals surface area contributed by atoms with Crippen LogP contribution in [-0.4, -0.2) is 16.6 Å². The van der Waals surface area contributed by atoms with Gasteiger partial charge in [-0.3, -0.25) is 9.78 Å². The number of nitrogens with zero attached hydrogens (tertiary/aromatic N) is 1. The predicted molar refractivity (Wildman–Crippen MR) is 83.9 cm³/mol. The van der Waals surface area contributed by atoms with Gasteiger partial charge in [-0.25, -0.2) is 4.98 Å². The molecule has 4 heteroatoms. The largest absolute Gasteiger partial charge is 0.464 e. The molecule has 2 aromatic rings. The van der Waals surface area contributed by atoms with E-state index in [-0.39, 0.29) is 5.56 Å². The second-order valence-corrected chi connectivity index (χ2v) is 5.92. The van der Waals surface area contributed by atoms with Gasteiger partial charge in [-0.15, -0.1) is 0 Å². The molecule has 0 saturated carbocycles. The first-order chi connectivity index (χ1) is 9.92. The Balaban J connectivity index is 2.21. The maximum absolute atomic E-state index is 11.7. The van der Waals surface area contributed by atoms with Crippen molar-refractivity contribution in [2.75, 3.05) is 6.61 Å². The number of hydrogen-bond donors (Lipinski definition) is 1. The fraction of sp³-hybridized carbons (Fsp3) is 0.412. The van der Waals surface area contributed by atoms with E-state index in [1.807, 2.05) is 0 Å². The molecule has 0 aliphatic carbocycles. The van der Waals surface area contributed by atoms with Crippen molar-refractivity contribution in [1.29, 1.82) is 0 Å². The molecule has 0 fully saturated rings. The van der Waals surface area contributed by atoms with Crippen LogP contribution < -0.4 is 10.3 Å². The smallest absolute Gasteiger partial charge is 0.296 e. The van der Waals surface area contributed by atoms with Crippen LogP contribution in [0.15, 0.2) is 29.1 Å². The molecule has 1 N–H and O–H groups in total. The summed E-state index contributed by atoms with van der Waals surface area (Å²) < 4.78 is 5.51. The minimum Gasteiger partial charge on any atom is -0.464 e. The Kier molecular flexibility index (Phi) is 4.78. The lowest BCUT2D eigenvalue weighted by Gasteiger charge is -2.09. The van der Waals surface area contributed by atoms with Gasteiger partial charge in [0.05, 0.1) is 12.3 Å². The quantitative estimate of drug-likeness (QED) is 0.919. The molecule has 0 unspecified atom stereocenters. The first-order valence-corrected chi connectivity index (χ1v) is 7.22. The van der Waals surface area contributed by atoms with E-state index in [0.717, 1.165) is 11.3 Å². The number of nitrogens with one attached hydrogen (secondary N) is 1. The van der Waals surface area contributed by atoms with E-state index < -0.39 is 0 Å². The van der Waals surface area contributed by atoms with Gasteiger partial charge in [-0.2, -0.15) is 0 Å². The van der Waals surface area contributed by atoms with Crippen molar-refractivity contribution >= 4 is 0 Å². The summed E-state index contributed by atoms with van der Waals surface area (Å²) in [7, 11) is 0. The number of aryl methyl sites for hydroxylation is 2. The lowest BCUT2D eigenvalue weighted by atomic mass is 10.0. The normalized spacial score (nSPS) is 10.9. The SMILES string of the molecule is Cc1cc(C)cc(Cc2cc(=O)[nH]c(OCC(C)C)n2)c1. The summed E-state index contributed by atoms with van der Waals surface area (Å²) in [5.74, 6) is 0.387. The Hall–Kier alpha value is -2.10. The average Bonchev–Trinajstić information content (AvgIpc) is 2.34. The van der Waals surface area contributed by atoms with Gasteiger partial charge >= 0.3 is 0 Å². The van der Waals surface area contributed by atoms with Crippen LogP contribution in [0.1, 0.15) is 36.2 Å². The lowest BCUT2D eigenvalue weighted by Crippen LogP contribution is -2.14. The minimum absolute atomic E-state index is 0.178. The van der Waals surface area contributed by atoms with Gasteiger partial charge in [-0.1, -0.05) is 43.2 Å². The van der Waals surface area contributed by atoms with Gasteiger partial charge in [0.1, 0.15) is 0 Å². The molecule has 0 amide bonds. The Bertz CT molecular complexity index is 654. The summed E-state index contributed by atoms with van der Waals surface area (Å²) in [5.41, 5.74) is 4.13. The van der Waals surface area contributed by atoms with Crippen LogP contribution in [0.3, 0.4) is 0 Å². The van der Waals surface area contributed by atoms with Gasteiger partial charge in [-0.05, 0) is 25.3 Å². The predicted octanol–water partition coefficient (Wildman–Crippen LogP) is 3.01. The van der Waals surface area contributed by atoms with Crippen LogP contribution >= 0.6 is 0 Å². The van der Waals surface area contributed by atoms with Crippen molar-refractivity contribution in [2.45, 2.75) is 34.1 Å². The summed E-state index contributed by atoms with van der Waals surface area (Å²) in [6.07, 6.45) is 0.629. The minimum atomic E-state index is -0.178. The second-order valence-electron chi connectivity index (χ2n) is 5.92. The number of H-pyrrole nitrogens is 1. The topological polar surface area (TPSA) is 55.0 Å². The summed E-state index contributed by atoms with van der Waals surface area (Å²) in [6.45, 7) is 8.78.